The highest BCUT2D eigenvalue weighted by atomic mass is 32.2. The van der Waals surface area contributed by atoms with Crippen LogP contribution in [0.1, 0.15) is 37.3 Å². The van der Waals surface area contributed by atoms with Gasteiger partial charge >= 0.3 is 0 Å². The first kappa shape index (κ1) is 21.3. The Morgan fingerprint density at radius 1 is 0.871 bits per heavy atom. The zero-order valence-electron chi connectivity index (χ0n) is 17.9. The van der Waals surface area contributed by atoms with Crippen LogP contribution in [0, 0.1) is 0 Å². The van der Waals surface area contributed by atoms with Gasteiger partial charge in [-0.2, -0.15) is 0 Å². The summed E-state index contributed by atoms with van der Waals surface area (Å²) in [6.07, 6.45) is 3.56. The van der Waals surface area contributed by atoms with E-state index in [9.17, 15) is 8.42 Å². The van der Waals surface area contributed by atoms with Gasteiger partial charge in [0, 0.05) is 23.6 Å². The third-order valence-corrected chi connectivity index (χ3v) is 7.14. The van der Waals surface area contributed by atoms with Gasteiger partial charge in [0.1, 0.15) is 0 Å². The second kappa shape index (κ2) is 9.08. The summed E-state index contributed by atoms with van der Waals surface area (Å²) in [7, 11) is -3.52. The molecule has 4 rings (SSSR count). The number of aryl methyl sites for hydroxylation is 1. The molecule has 0 unspecified atom stereocenters. The van der Waals surface area contributed by atoms with Gasteiger partial charge in [-0.05, 0) is 59.2 Å². The topological polar surface area (TPSA) is 62.0 Å². The number of H-pyrrole nitrogens is 1. The Bertz CT molecular complexity index is 1260. The van der Waals surface area contributed by atoms with Crippen molar-refractivity contribution < 1.29 is 8.42 Å². The van der Waals surface area contributed by atoms with Crippen molar-refractivity contribution in [3.05, 3.63) is 90.1 Å². The van der Waals surface area contributed by atoms with Crippen LogP contribution in [0.25, 0.3) is 22.0 Å². The lowest BCUT2D eigenvalue weighted by Crippen LogP contribution is -2.25. The number of sulfonamides is 1. The van der Waals surface area contributed by atoms with Gasteiger partial charge in [-0.1, -0.05) is 68.4 Å². The van der Waals surface area contributed by atoms with Crippen LogP contribution in [0.15, 0.2) is 83.9 Å². The molecule has 0 saturated heterocycles. The van der Waals surface area contributed by atoms with E-state index in [0.717, 1.165) is 29.5 Å². The van der Waals surface area contributed by atoms with Crippen LogP contribution in [-0.4, -0.2) is 19.9 Å². The fraction of sp³-hybridized carbons (Fsp3) is 0.231. The lowest BCUT2D eigenvalue weighted by atomic mass is 9.99. The van der Waals surface area contributed by atoms with Gasteiger partial charge in [0.05, 0.1) is 4.90 Å². The molecular weight excluding hydrogens is 404 g/mol. The first-order valence-electron chi connectivity index (χ1n) is 10.7. The zero-order chi connectivity index (χ0) is 21.8. The summed E-state index contributed by atoms with van der Waals surface area (Å²) in [4.78, 5) is 3.55. The van der Waals surface area contributed by atoms with Crippen molar-refractivity contribution in [1.29, 1.82) is 0 Å². The quantitative estimate of drug-likeness (QED) is 0.342. The predicted octanol–water partition coefficient (Wildman–Crippen LogP) is 5.87. The number of benzene rings is 3. The molecule has 0 aliphatic carbocycles. The first-order valence-corrected chi connectivity index (χ1v) is 12.2. The molecule has 3 aromatic carbocycles. The summed E-state index contributed by atoms with van der Waals surface area (Å²) < 4.78 is 28.0. The maximum absolute atomic E-state index is 12.7. The minimum atomic E-state index is -3.52. The van der Waals surface area contributed by atoms with E-state index >= 15 is 0 Å². The fourth-order valence-corrected chi connectivity index (χ4v) is 4.87. The van der Waals surface area contributed by atoms with E-state index in [1.165, 1.54) is 16.5 Å². The summed E-state index contributed by atoms with van der Waals surface area (Å²) in [5.74, 6) is 0.489. The Morgan fingerprint density at radius 2 is 1.52 bits per heavy atom. The maximum Gasteiger partial charge on any atom is 0.240 e. The normalized spacial score (nSPS) is 12.0. The SMILES string of the molecule is CC(C)c1ccc(-c2ccc(S(=O)(=O)NCCCc3c[nH]c4ccccc34)cc2)cc1. The number of fused-ring (bicyclic) bond motifs is 1. The number of rotatable bonds is 8. The van der Waals surface area contributed by atoms with E-state index in [-0.39, 0.29) is 0 Å². The molecule has 0 atom stereocenters. The third-order valence-electron chi connectivity index (χ3n) is 5.67. The van der Waals surface area contributed by atoms with E-state index in [4.69, 9.17) is 0 Å². The molecule has 0 fully saturated rings. The van der Waals surface area contributed by atoms with Gasteiger partial charge in [-0.15, -0.1) is 0 Å². The Kier molecular flexibility index (Phi) is 6.25. The summed E-state index contributed by atoms with van der Waals surface area (Å²) in [6, 6.07) is 23.7. The van der Waals surface area contributed by atoms with Gasteiger partial charge in [0.15, 0.2) is 0 Å². The van der Waals surface area contributed by atoms with Crippen LogP contribution in [0.5, 0.6) is 0 Å². The largest absolute Gasteiger partial charge is 0.361 e. The van der Waals surface area contributed by atoms with Crippen molar-refractivity contribution in [2.75, 3.05) is 6.54 Å². The predicted molar refractivity (Wildman–Crippen MR) is 128 cm³/mol. The first-order chi connectivity index (χ1) is 14.9. The molecular formula is C26H28N2O2S. The molecule has 5 heteroatoms. The molecule has 4 aromatic rings. The maximum atomic E-state index is 12.7. The number of hydrogen-bond donors (Lipinski definition) is 2. The van der Waals surface area contributed by atoms with E-state index in [1.54, 1.807) is 12.1 Å². The van der Waals surface area contributed by atoms with Crippen molar-refractivity contribution in [1.82, 2.24) is 9.71 Å². The summed E-state index contributed by atoms with van der Waals surface area (Å²) >= 11 is 0. The Labute approximate surface area is 184 Å². The molecule has 2 N–H and O–H groups in total. The van der Waals surface area contributed by atoms with Crippen molar-refractivity contribution in [2.45, 2.75) is 37.5 Å². The molecule has 160 valence electrons. The standard InChI is InChI=1S/C26H28N2O2S/c1-19(2)20-9-11-21(12-10-20)22-13-15-24(16-14-22)31(29,30)28-17-5-6-23-18-27-26-8-4-3-7-25(23)26/h3-4,7-16,18-19,27-28H,5-6,17H2,1-2H3. The van der Waals surface area contributed by atoms with Crippen molar-refractivity contribution >= 4 is 20.9 Å². The highest BCUT2D eigenvalue weighted by Gasteiger charge is 2.13. The smallest absolute Gasteiger partial charge is 0.240 e. The number of hydrogen-bond acceptors (Lipinski definition) is 2. The molecule has 0 amide bonds. The average molecular weight is 433 g/mol. The Hall–Kier alpha value is -2.89. The molecule has 0 saturated carbocycles. The van der Waals surface area contributed by atoms with Gasteiger partial charge in [0.25, 0.3) is 0 Å². The minimum Gasteiger partial charge on any atom is -0.361 e. The van der Waals surface area contributed by atoms with Crippen LogP contribution in [0.3, 0.4) is 0 Å². The minimum absolute atomic E-state index is 0.294. The van der Waals surface area contributed by atoms with Crippen molar-refractivity contribution in [3.8, 4) is 11.1 Å². The van der Waals surface area contributed by atoms with Crippen molar-refractivity contribution in [3.63, 3.8) is 0 Å². The third kappa shape index (κ3) is 4.89. The number of nitrogens with one attached hydrogen (secondary N) is 2. The summed E-state index contributed by atoms with van der Waals surface area (Å²) in [5.41, 5.74) is 5.70. The van der Waals surface area contributed by atoms with Crippen LogP contribution < -0.4 is 4.72 Å². The zero-order valence-corrected chi connectivity index (χ0v) is 18.7. The van der Waals surface area contributed by atoms with Crippen LogP contribution in [-0.2, 0) is 16.4 Å². The average Bonchev–Trinajstić information content (AvgIpc) is 3.20. The number of aromatic amines is 1. The van der Waals surface area contributed by atoms with Crippen molar-refractivity contribution in [2.24, 2.45) is 0 Å². The summed E-state index contributed by atoms with van der Waals surface area (Å²) in [6.45, 7) is 4.74. The van der Waals surface area contributed by atoms with E-state index < -0.39 is 10.0 Å². The van der Waals surface area contributed by atoms with E-state index in [1.807, 2.05) is 36.5 Å². The lowest BCUT2D eigenvalue weighted by molar-refractivity contribution is 0.579. The molecule has 0 bridgehead atoms. The second-order valence-electron chi connectivity index (χ2n) is 8.16. The molecule has 0 aliphatic rings. The molecule has 1 heterocycles. The Balaban J connectivity index is 1.36. The van der Waals surface area contributed by atoms with Gasteiger partial charge < -0.3 is 4.98 Å². The number of para-hydroxylation sites is 1. The van der Waals surface area contributed by atoms with Gasteiger partial charge in [0.2, 0.25) is 10.0 Å². The summed E-state index contributed by atoms with van der Waals surface area (Å²) in [5, 5.41) is 1.20. The highest BCUT2D eigenvalue weighted by molar-refractivity contribution is 7.89. The fourth-order valence-electron chi connectivity index (χ4n) is 3.79. The van der Waals surface area contributed by atoms with Crippen LogP contribution in [0.4, 0.5) is 0 Å². The molecule has 0 radical (unpaired) electrons. The molecule has 1 aromatic heterocycles. The van der Waals surface area contributed by atoms with E-state index in [2.05, 4.69) is 53.9 Å². The van der Waals surface area contributed by atoms with Gasteiger partial charge in [-0.3, -0.25) is 0 Å². The lowest BCUT2D eigenvalue weighted by Gasteiger charge is -2.09. The molecule has 4 nitrogen and oxygen atoms in total. The Morgan fingerprint density at radius 3 is 2.19 bits per heavy atom. The molecule has 0 aliphatic heterocycles. The second-order valence-corrected chi connectivity index (χ2v) is 9.93. The van der Waals surface area contributed by atoms with Crippen LogP contribution in [0.2, 0.25) is 0 Å². The van der Waals surface area contributed by atoms with Gasteiger partial charge in [-0.25, -0.2) is 13.1 Å². The highest BCUT2D eigenvalue weighted by Crippen LogP contribution is 2.24. The molecule has 0 spiro atoms. The van der Waals surface area contributed by atoms with E-state index in [0.29, 0.717) is 17.4 Å². The number of aromatic nitrogens is 1. The van der Waals surface area contributed by atoms with Crippen LogP contribution >= 0.6 is 0 Å². The monoisotopic (exact) mass is 432 g/mol. The molecule has 31 heavy (non-hydrogen) atoms.